The van der Waals surface area contributed by atoms with Crippen molar-refractivity contribution < 1.29 is 0 Å². The van der Waals surface area contributed by atoms with Crippen LogP contribution in [0.15, 0.2) is 88.5 Å². The fourth-order valence-corrected chi connectivity index (χ4v) is 4.15. The molecule has 0 unspecified atom stereocenters. The van der Waals surface area contributed by atoms with Crippen LogP contribution in [-0.2, 0) is 12.2 Å². The molecule has 0 saturated heterocycles. The Balaban J connectivity index is 1.71. The van der Waals surface area contributed by atoms with E-state index >= 15 is 0 Å². The largest absolute Gasteiger partial charge is 0.270 e. The molecule has 0 fully saturated rings. The van der Waals surface area contributed by atoms with Gasteiger partial charge in [-0.15, -0.1) is 10.2 Å². The van der Waals surface area contributed by atoms with Crippen molar-refractivity contribution >= 4 is 27.7 Å². The number of aromatic nitrogens is 3. The van der Waals surface area contributed by atoms with Crippen molar-refractivity contribution in [2.75, 3.05) is 0 Å². The first-order valence-electron chi connectivity index (χ1n) is 9.22. The number of nitrogens with zero attached hydrogens (tertiary/aromatic N) is 3. The molecular weight excluding hydrogens is 430 g/mol. The van der Waals surface area contributed by atoms with E-state index in [2.05, 4.69) is 98.3 Å². The summed E-state index contributed by atoms with van der Waals surface area (Å²) in [5, 5.41) is 9.92. The SMILES string of the molecule is CCc1ccc(-n2c(SCc3ccc(Br)cc3)nnc2-c2ccccc2)cc1. The second kappa shape index (κ2) is 8.76. The maximum absolute atomic E-state index is 4.52. The minimum atomic E-state index is 0.841. The third kappa shape index (κ3) is 4.21. The Morgan fingerprint density at radius 1 is 0.821 bits per heavy atom. The lowest BCUT2D eigenvalue weighted by Crippen LogP contribution is -2.00. The maximum atomic E-state index is 4.52. The summed E-state index contributed by atoms with van der Waals surface area (Å²) >= 11 is 5.19. The lowest BCUT2D eigenvalue weighted by Gasteiger charge is -2.11. The van der Waals surface area contributed by atoms with Gasteiger partial charge < -0.3 is 0 Å². The van der Waals surface area contributed by atoms with Crippen molar-refractivity contribution in [2.45, 2.75) is 24.3 Å². The number of aryl methyl sites for hydroxylation is 1. The second-order valence-electron chi connectivity index (χ2n) is 6.44. The van der Waals surface area contributed by atoms with E-state index < -0.39 is 0 Å². The van der Waals surface area contributed by atoms with E-state index in [0.717, 1.165) is 38.9 Å². The van der Waals surface area contributed by atoms with Crippen LogP contribution in [0.1, 0.15) is 18.1 Å². The lowest BCUT2D eigenvalue weighted by atomic mass is 10.1. The third-order valence-corrected chi connectivity index (χ3v) is 6.08. The first kappa shape index (κ1) is 19.0. The quantitative estimate of drug-likeness (QED) is 0.312. The van der Waals surface area contributed by atoms with Crippen LogP contribution in [0.5, 0.6) is 0 Å². The summed E-state index contributed by atoms with van der Waals surface area (Å²) in [6, 6.07) is 27.3. The molecule has 4 aromatic rings. The topological polar surface area (TPSA) is 30.7 Å². The summed E-state index contributed by atoms with van der Waals surface area (Å²) in [7, 11) is 0. The van der Waals surface area contributed by atoms with Gasteiger partial charge in [0.05, 0.1) is 0 Å². The smallest absolute Gasteiger partial charge is 0.196 e. The highest BCUT2D eigenvalue weighted by Gasteiger charge is 2.16. The molecule has 3 aromatic carbocycles. The van der Waals surface area contributed by atoms with Gasteiger partial charge in [0.15, 0.2) is 11.0 Å². The van der Waals surface area contributed by atoms with Crippen LogP contribution in [0.4, 0.5) is 0 Å². The molecule has 0 N–H and O–H groups in total. The first-order chi connectivity index (χ1) is 13.7. The van der Waals surface area contributed by atoms with Crippen molar-refractivity contribution in [3.05, 3.63) is 94.5 Å². The zero-order chi connectivity index (χ0) is 19.3. The highest BCUT2D eigenvalue weighted by atomic mass is 79.9. The monoisotopic (exact) mass is 449 g/mol. The van der Waals surface area contributed by atoms with Gasteiger partial charge in [0.2, 0.25) is 0 Å². The van der Waals surface area contributed by atoms with Crippen molar-refractivity contribution in [3.8, 4) is 17.1 Å². The lowest BCUT2D eigenvalue weighted by molar-refractivity contribution is 0.885. The molecule has 1 heterocycles. The number of hydrogen-bond donors (Lipinski definition) is 0. The molecule has 0 radical (unpaired) electrons. The van der Waals surface area contributed by atoms with Crippen LogP contribution in [-0.4, -0.2) is 14.8 Å². The molecule has 1 aromatic heterocycles. The van der Waals surface area contributed by atoms with Gasteiger partial charge in [0.25, 0.3) is 0 Å². The average molecular weight is 450 g/mol. The third-order valence-electron chi connectivity index (χ3n) is 4.55. The molecule has 0 aliphatic carbocycles. The molecular formula is C23H20BrN3S. The van der Waals surface area contributed by atoms with Crippen LogP contribution in [0.25, 0.3) is 17.1 Å². The van der Waals surface area contributed by atoms with Gasteiger partial charge in [0.1, 0.15) is 0 Å². The van der Waals surface area contributed by atoms with E-state index in [9.17, 15) is 0 Å². The average Bonchev–Trinajstić information content (AvgIpc) is 3.18. The molecule has 0 atom stereocenters. The zero-order valence-electron chi connectivity index (χ0n) is 15.5. The highest BCUT2D eigenvalue weighted by Crippen LogP contribution is 2.30. The van der Waals surface area contributed by atoms with Gasteiger partial charge in [-0.05, 0) is 41.8 Å². The Morgan fingerprint density at radius 3 is 2.18 bits per heavy atom. The van der Waals surface area contributed by atoms with Crippen LogP contribution < -0.4 is 0 Å². The van der Waals surface area contributed by atoms with Gasteiger partial charge in [-0.25, -0.2) is 0 Å². The van der Waals surface area contributed by atoms with Crippen LogP contribution in [0.2, 0.25) is 0 Å². The second-order valence-corrected chi connectivity index (χ2v) is 8.30. The molecule has 0 saturated carbocycles. The van der Waals surface area contributed by atoms with Crippen molar-refractivity contribution in [2.24, 2.45) is 0 Å². The fourth-order valence-electron chi connectivity index (χ4n) is 2.98. The van der Waals surface area contributed by atoms with E-state index in [1.165, 1.54) is 11.1 Å². The van der Waals surface area contributed by atoms with Crippen molar-refractivity contribution in [3.63, 3.8) is 0 Å². The zero-order valence-corrected chi connectivity index (χ0v) is 18.0. The Bertz CT molecular complexity index is 1040. The van der Waals surface area contributed by atoms with E-state index in [0.29, 0.717) is 0 Å². The minimum absolute atomic E-state index is 0.841. The summed E-state index contributed by atoms with van der Waals surface area (Å²) in [5.74, 6) is 1.70. The molecule has 0 aliphatic heterocycles. The van der Waals surface area contributed by atoms with E-state index in [-0.39, 0.29) is 0 Å². The molecule has 0 spiro atoms. The summed E-state index contributed by atoms with van der Waals surface area (Å²) in [4.78, 5) is 0. The predicted octanol–water partition coefficient (Wildman–Crippen LogP) is 6.55. The summed E-state index contributed by atoms with van der Waals surface area (Å²) in [5.41, 5.74) is 4.72. The first-order valence-corrected chi connectivity index (χ1v) is 11.0. The normalized spacial score (nSPS) is 10.9. The van der Waals surface area contributed by atoms with Crippen LogP contribution >= 0.6 is 27.7 Å². The summed E-state index contributed by atoms with van der Waals surface area (Å²) in [6.45, 7) is 2.17. The Labute approximate surface area is 178 Å². The van der Waals surface area contributed by atoms with Gasteiger partial charge in [-0.2, -0.15) is 0 Å². The minimum Gasteiger partial charge on any atom is -0.270 e. The molecule has 28 heavy (non-hydrogen) atoms. The van der Waals surface area contributed by atoms with E-state index in [1.54, 1.807) is 11.8 Å². The fraction of sp³-hybridized carbons (Fsp3) is 0.130. The number of rotatable bonds is 6. The standard InChI is InChI=1S/C23H20BrN3S/c1-2-17-10-14-21(15-11-17)27-22(19-6-4-3-5-7-19)25-26-23(27)28-16-18-8-12-20(24)13-9-18/h3-15H,2,16H2,1H3. The van der Waals surface area contributed by atoms with Gasteiger partial charge in [0, 0.05) is 21.5 Å². The van der Waals surface area contributed by atoms with Gasteiger partial charge in [-0.3, -0.25) is 4.57 Å². The molecule has 140 valence electrons. The Hall–Kier alpha value is -2.37. The van der Waals surface area contributed by atoms with Gasteiger partial charge >= 0.3 is 0 Å². The van der Waals surface area contributed by atoms with E-state index in [1.807, 2.05) is 18.2 Å². The molecule has 0 bridgehead atoms. The maximum Gasteiger partial charge on any atom is 0.196 e. The summed E-state index contributed by atoms with van der Waals surface area (Å²) < 4.78 is 3.24. The molecule has 5 heteroatoms. The summed E-state index contributed by atoms with van der Waals surface area (Å²) in [6.07, 6.45) is 1.03. The Morgan fingerprint density at radius 2 is 1.50 bits per heavy atom. The molecule has 4 rings (SSSR count). The highest BCUT2D eigenvalue weighted by molar-refractivity contribution is 9.10. The van der Waals surface area contributed by atoms with Gasteiger partial charge in [-0.1, -0.05) is 89.2 Å². The number of benzene rings is 3. The van der Waals surface area contributed by atoms with Crippen molar-refractivity contribution in [1.82, 2.24) is 14.8 Å². The number of hydrogen-bond acceptors (Lipinski definition) is 3. The van der Waals surface area contributed by atoms with Crippen LogP contribution in [0.3, 0.4) is 0 Å². The molecule has 3 nitrogen and oxygen atoms in total. The Kier molecular flexibility index (Phi) is 5.93. The van der Waals surface area contributed by atoms with E-state index in [4.69, 9.17) is 0 Å². The molecule has 0 amide bonds. The predicted molar refractivity (Wildman–Crippen MR) is 120 cm³/mol. The number of halogens is 1. The molecule has 0 aliphatic rings. The number of thioether (sulfide) groups is 1. The van der Waals surface area contributed by atoms with Crippen LogP contribution in [0, 0.1) is 0 Å². The van der Waals surface area contributed by atoms with Crippen molar-refractivity contribution in [1.29, 1.82) is 0 Å².